The standard InChI is InChI=1S/C42H35NO3/c1-29(44)38-39(45)36-25-15-16-26-37(36)41(28-27-35(31-17-7-3-8-18-31)32-19-9-4-10-20-32)40(38)43-42(30(2)46-41,33-21-11-5-12-22-33)34-23-13-6-14-24-34/h3-27,30,45H,28H2,1-2H3. The number of aliphatic hydroxyl groups excluding tert-OH is 1. The molecule has 1 heterocycles. The molecule has 5 aromatic carbocycles. The number of hydrogen-bond acceptors (Lipinski definition) is 4. The van der Waals surface area contributed by atoms with Crippen molar-refractivity contribution < 1.29 is 14.6 Å². The van der Waals surface area contributed by atoms with E-state index in [1.165, 1.54) is 6.92 Å². The fourth-order valence-electron chi connectivity index (χ4n) is 7.16. The smallest absolute Gasteiger partial charge is 0.165 e. The van der Waals surface area contributed by atoms with E-state index in [9.17, 15) is 9.90 Å². The molecule has 2 aliphatic rings. The number of ketones is 1. The molecule has 0 saturated heterocycles. The average molecular weight is 602 g/mol. The molecule has 2 atom stereocenters. The van der Waals surface area contributed by atoms with Gasteiger partial charge in [-0.15, -0.1) is 0 Å². The minimum absolute atomic E-state index is 0.0685. The van der Waals surface area contributed by atoms with Crippen molar-refractivity contribution in [3.8, 4) is 0 Å². The molecule has 5 aromatic rings. The lowest BCUT2D eigenvalue weighted by Gasteiger charge is -2.51. The van der Waals surface area contributed by atoms with Crippen LogP contribution in [0.3, 0.4) is 0 Å². The molecule has 0 aromatic heterocycles. The SMILES string of the molecule is CC(=O)C1=C(O)c2ccccc2C2(CC=C(c3ccccc3)c3ccccc3)OC(C)C(c3ccccc3)(c3ccccc3)N=C12. The monoisotopic (exact) mass is 601 g/mol. The number of nitrogens with zero attached hydrogens (tertiary/aromatic N) is 1. The fraction of sp³-hybridized carbons (Fsp3) is 0.143. The van der Waals surface area contributed by atoms with Crippen LogP contribution in [0, 0.1) is 0 Å². The first-order valence-electron chi connectivity index (χ1n) is 15.7. The van der Waals surface area contributed by atoms with Crippen molar-refractivity contribution in [3.63, 3.8) is 0 Å². The van der Waals surface area contributed by atoms with E-state index < -0.39 is 17.2 Å². The number of Topliss-reactive ketones (excluding diaryl/α,β-unsaturated/α-hetero) is 1. The van der Waals surface area contributed by atoms with Crippen LogP contribution >= 0.6 is 0 Å². The van der Waals surface area contributed by atoms with Gasteiger partial charge in [0.1, 0.15) is 16.9 Å². The van der Waals surface area contributed by atoms with E-state index in [1.807, 2.05) is 97.1 Å². The highest BCUT2D eigenvalue weighted by Gasteiger charge is 2.56. The van der Waals surface area contributed by atoms with E-state index in [1.54, 1.807) is 0 Å². The Balaban J connectivity index is 1.54. The Kier molecular flexibility index (Phi) is 7.59. The molecular formula is C42H35NO3. The van der Waals surface area contributed by atoms with Crippen LogP contribution in [0.2, 0.25) is 0 Å². The molecule has 0 saturated carbocycles. The van der Waals surface area contributed by atoms with Gasteiger partial charge in [0.2, 0.25) is 0 Å². The molecule has 4 nitrogen and oxygen atoms in total. The molecular weight excluding hydrogens is 566 g/mol. The van der Waals surface area contributed by atoms with Gasteiger partial charge in [0.15, 0.2) is 5.78 Å². The summed E-state index contributed by atoms with van der Waals surface area (Å²) in [5.74, 6) is -0.334. The lowest BCUT2D eigenvalue weighted by Crippen LogP contribution is -2.56. The second kappa shape index (κ2) is 11.9. The first kappa shape index (κ1) is 29.4. The number of carbonyl (C=O) groups excluding carboxylic acids is 1. The van der Waals surface area contributed by atoms with Crippen LogP contribution in [0.1, 0.15) is 53.6 Å². The Morgan fingerprint density at radius 3 is 1.74 bits per heavy atom. The third-order valence-electron chi connectivity index (χ3n) is 9.27. The minimum atomic E-state index is -1.15. The number of carbonyl (C=O) groups is 1. The molecule has 0 radical (unpaired) electrons. The van der Waals surface area contributed by atoms with Crippen molar-refractivity contribution in [2.24, 2.45) is 4.99 Å². The first-order chi connectivity index (χ1) is 22.5. The summed E-state index contributed by atoms with van der Waals surface area (Å²) in [6, 6.07) is 48.4. The Hall–Kier alpha value is -5.32. The average Bonchev–Trinajstić information content (AvgIpc) is 3.10. The Morgan fingerprint density at radius 1 is 0.739 bits per heavy atom. The van der Waals surface area contributed by atoms with Crippen LogP contribution in [0.5, 0.6) is 0 Å². The largest absolute Gasteiger partial charge is 0.506 e. The topological polar surface area (TPSA) is 58.9 Å². The van der Waals surface area contributed by atoms with E-state index >= 15 is 0 Å². The number of ether oxygens (including phenoxy) is 1. The Labute approximate surface area is 270 Å². The number of hydrogen-bond donors (Lipinski definition) is 1. The summed E-state index contributed by atoms with van der Waals surface area (Å²) in [6.07, 6.45) is 2.13. The first-order valence-corrected chi connectivity index (χ1v) is 15.7. The van der Waals surface area contributed by atoms with Crippen molar-refractivity contribution in [2.45, 2.75) is 37.5 Å². The summed E-state index contributed by atoms with van der Waals surface area (Å²) in [4.78, 5) is 19.2. The molecule has 4 heteroatoms. The quantitative estimate of drug-likeness (QED) is 0.202. The third kappa shape index (κ3) is 4.74. The zero-order chi connectivity index (χ0) is 31.7. The second-order valence-electron chi connectivity index (χ2n) is 11.9. The van der Waals surface area contributed by atoms with Gasteiger partial charge in [-0.25, -0.2) is 0 Å². The molecule has 0 spiro atoms. The Bertz CT molecular complexity index is 1900. The maximum Gasteiger partial charge on any atom is 0.165 e. The van der Waals surface area contributed by atoms with E-state index in [2.05, 4.69) is 61.5 Å². The van der Waals surface area contributed by atoms with E-state index in [0.29, 0.717) is 17.7 Å². The van der Waals surface area contributed by atoms with Gasteiger partial charge >= 0.3 is 0 Å². The van der Waals surface area contributed by atoms with Crippen molar-refractivity contribution in [1.82, 2.24) is 0 Å². The summed E-state index contributed by atoms with van der Waals surface area (Å²) in [5.41, 5.74) is 4.97. The molecule has 1 aliphatic heterocycles. The molecule has 0 amide bonds. The third-order valence-corrected chi connectivity index (χ3v) is 9.27. The van der Waals surface area contributed by atoms with Crippen molar-refractivity contribution >= 4 is 22.8 Å². The highest BCUT2D eigenvalue weighted by Crippen LogP contribution is 2.53. The molecule has 0 bridgehead atoms. The van der Waals surface area contributed by atoms with Crippen LogP contribution in [0.25, 0.3) is 11.3 Å². The van der Waals surface area contributed by atoms with Gasteiger partial charge in [-0.2, -0.15) is 0 Å². The number of aliphatic imine (C=N–C) groups is 1. The van der Waals surface area contributed by atoms with Crippen molar-refractivity contribution in [1.29, 1.82) is 0 Å². The van der Waals surface area contributed by atoms with E-state index in [4.69, 9.17) is 9.73 Å². The normalized spacial score (nSPS) is 19.8. The molecule has 2 unspecified atom stereocenters. The predicted molar refractivity (Wildman–Crippen MR) is 185 cm³/mol. The van der Waals surface area contributed by atoms with Crippen LogP contribution < -0.4 is 0 Å². The summed E-state index contributed by atoms with van der Waals surface area (Å²) in [7, 11) is 0. The fourth-order valence-corrected chi connectivity index (χ4v) is 7.16. The number of rotatable bonds is 7. The van der Waals surface area contributed by atoms with Gasteiger partial charge in [0.25, 0.3) is 0 Å². The number of benzene rings is 5. The van der Waals surface area contributed by atoms with Crippen LogP contribution in [0.4, 0.5) is 0 Å². The van der Waals surface area contributed by atoms with E-state index in [-0.39, 0.29) is 17.1 Å². The summed E-state index contributed by atoms with van der Waals surface area (Å²) in [5, 5.41) is 11.8. The van der Waals surface area contributed by atoms with E-state index in [0.717, 1.165) is 33.4 Å². The molecule has 46 heavy (non-hydrogen) atoms. The zero-order valence-electron chi connectivity index (χ0n) is 25.9. The van der Waals surface area contributed by atoms with Crippen LogP contribution in [-0.2, 0) is 20.7 Å². The van der Waals surface area contributed by atoms with Crippen molar-refractivity contribution in [2.75, 3.05) is 0 Å². The number of fused-ring (bicyclic) bond motifs is 3. The lowest BCUT2D eigenvalue weighted by atomic mass is 9.69. The van der Waals surface area contributed by atoms with Crippen LogP contribution in [-0.4, -0.2) is 22.7 Å². The van der Waals surface area contributed by atoms with Gasteiger partial charge in [-0.1, -0.05) is 152 Å². The molecule has 0 fully saturated rings. The van der Waals surface area contributed by atoms with Gasteiger partial charge in [-0.3, -0.25) is 9.79 Å². The van der Waals surface area contributed by atoms with Crippen LogP contribution in [0.15, 0.2) is 162 Å². The highest BCUT2D eigenvalue weighted by atomic mass is 16.5. The molecule has 1 aliphatic carbocycles. The lowest BCUT2D eigenvalue weighted by molar-refractivity contribution is -0.114. The summed E-state index contributed by atoms with van der Waals surface area (Å²) >= 11 is 0. The molecule has 226 valence electrons. The predicted octanol–water partition coefficient (Wildman–Crippen LogP) is 9.08. The highest BCUT2D eigenvalue weighted by molar-refractivity contribution is 6.30. The van der Waals surface area contributed by atoms with Gasteiger partial charge in [0.05, 0.1) is 17.4 Å². The minimum Gasteiger partial charge on any atom is -0.506 e. The maximum absolute atomic E-state index is 13.6. The number of aliphatic hydroxyl groups is 1. The molecule has 1 N–H and O–H groups in total. The van der Waals surface area contributed by atoms with Gasteiger partial charge in [0, 0.05) is 17.5 Å². The van der Waals surface area contributed by atoms with Gasteiger partial charge in [-0.05, 0) is 41.7 Å². The maximum atomic E-state index is 13.6. The van der Waals surface area contributed by atoms with Crippen molar-refractivity contribution in [3.05, 3.63) is 191 Å². The zero-order valence-corrected chi connectivity index (χ0v) is 25.9. The second-order valence-corrected chi connectivity index (χ2v) is 11.9. The Morgan fingerprint density at radius 2 is 1.22 bits per heavy atom. The summed E-state index contributed by atoms with van der Waals surface area (Å²) in [6.45, 7) is 3.56. The van der Waals surface area contributed by atoms with Gasteiger partial charge < -0.3 is 9.84 Å². The molecule has 7 rings (SSSR count). The summed E-state index contributed by atoms with van der Waals surface area (Å²) < 4.78 is 7.41.